The van der Waals surface area contributed by atoms with Crippen molar-refractivity contribution in [2.24, 2.45) is 17.6 Å². The standard InChI is InChI=1S/C16H28N2O/c17-14-9-8-13(11-14)16(19)18-10-4-7-15(18)12-5-2-1-3-6-12/h12-15H,1-11,17H2/t13-,14+,15+/m0/s1. The van der Waals surface area contributed by atoms with E-state index in [9.17, 15) is 4.79 Å². The summed E-state index contributed by atoms with van der Waals surface area (Å²) < 4.78 is 0. The molecule has 2 N–H and O–H groups in total. The summed E-state index contributed by atoms with van der Waals surface area (Å²) in [7, 11) is 0. The van der Waals surface area contributed by atoms with Crippen molar-refractivity contribution in [3.8, 4) is 0 Å². The molecule has 3 aliphatic rings. The van der Waals surface area contributed by atoms with Gasteiger partial charge in [-0.25, -0.2) is 0 Å². The smallest absolute Gasteiger partial charge is 0.225 e. The highest BCUT2D eigenvalue weighted by atomic mass is 16.2. The summed E-state index contributed by atoms with van der Waals surface area (Å²) in [6.45, 7) is 1.01. The van der Waals surface area contributed by atoms with Crippen LogP contribution in [0.5, 0.6) is 0 Å². The van der Waals surface area contributed by atoms with E-state index in [4.69, 9.17) is 5.73 Å². The molecule has 2 aliphatic carbocycles. The lowest BCUT2D eigenvalue weighted by molar-refractivity contribution is -0.137. The Labute approximate surface area is 116 Å². The number of hydrogen-bond donors (Lipinski definition) is 1. The molecule has 108 valence electrons. The number of nitrogens with zero attached hydrogens (tertiary/aromatic N) is 1. The largest absolute Gasteiger partial charge is 0.339 e. The number of likely N-dealkylation sites (tertiary alicyclic amines) is 1. The Morgan fingerprint density at radius 1 is 0.947 bits per heavy atom. The van der Waals surface area contributed by atoms with Crippen LogP contribution >= 0.6 is 0 Å². The molecule has 3 atom stereocenters. The van der Waals surface area contributed by atoms with Gasteiger partial charge in [0.2, 0.25) is 5.91 Å². The predicted molar refractivity (Wildman–Crippen MR) is 76.6 cm³/mol. The second-order valence-electron chi connectivity index (χ2n) is 6.91. The van der Waals surface area contributed by atoms with Crippen LogP contribution in [0, 0.1) is 11.8 Å². The second kappa shape index (κ2) is 5.82. The summed E-state index contributed by atoms with van der Waals surface area (Å²) in [5.41, 5.74) is 5.97. The van der Waals surface area contributed by atoms with Gasteiger partial charge in [0, 0.05) is 24.5 Å². The molecule has 3 heteroatoms. The van der Waals surface area contributed by atoms with Gasteiger partial charge in [-0.15, -0.1) is 0 Å². The highest BCUT2D eigenvalue weighted by molar-refractivity contribution is 5.79. The molecule has 19 heavy (non-hydrogen) atoms. The predicted octanol–water partition coefficient (Wildman–Crippen LogP) is 2.69. The Morgan fingerprint density at radius 3 is 2.42 bits per heavy atom. The first kappa shape index (κ1) is 13.4. The van der Waals surface area contributed by atoms with Gasteiger partial charge >= 0.3 is 0 Å². The first-order chi connectivity index (χ1) is 9.25. The molecule has 1 amide bonds. The van der Waals surface area contributed by atoms with Crippen molar-refractivity contribution in [1.29, 1.82) is 0 Å². The minimum absolute atomic E-state index is 0.235. The molecule has 0 aromatic heterocycles. The lowest BCUT2D eigenvalue weighted by atomic mass is 9.82. The zero-order valence-corrected chi connectivity index (χ0v) is 12.0. The maximum Gasteiger partial charge on any atom is 0.225 e. The van der Waals surface area contributed by atoms with Crippen LogP contribution in [-0.4, -0.2) is 29.4 Å². The zero-order valence-electron chi connectivity index (χ0n) is 12.0. The van der Waals surface area contributed by atoms with Crippen molar-refractivity contribution >= 4 is 5.91 Å². The molecule has 1 aliphatic heterocycles. The van der Waals surface area contributed by atoms with Crippen LogP contribution in [0.4, 0.5) is 0 Å². The van der Waals surface area contributed by atoms with Gasteiger partial charge in [-0.3, -0.25) is 4.79 Å². The highest BCUT2D eigenvalue weighted by Crippen LogP contribution is 2.36. The zero-order chi connectivity index (χ0) is 13.2. The second-order valence-corrected chi connectivity index (χ2v) is 6.91. The topological polar surface area (TPSA) is 46.3 Å². The van der Waals surface area contributed by atoms with E-state index in [1.807, 2.05) is 0 Å². The van der Waals surface area contributed by atoms with Crippen LogP contribution in [0.3, 0.4) is 0 Å². The quantitative estimate of drug-likeness (QED) is 0.833. The van der Waals surface area contributed by atoms with Gasteiger partial charge in [0.05, 0.1) is 0 Å². The maximum absolute atomic E-state index is 12.7. The molecule has 0 radical (unpaired) electrons. The first-order valence-electron chi connectivity index (χ1n) is 8.32. The van der Waals surface area contributed by atoms with Crippen LogP contribution in [-0.2, 0) is 4.79 Å². The van der Waals surface area contributed by atoms with E-state index < -0.39 is 0 Å². The van der Waals surface area contributed by atoms with Crippen LogP contribution in [0.25, 0.3) is 0 Å². The number of amides is 1. The molecule has 2 saturated carbocycles. The van der Waals surface area contributed by atoms with Crippen molar-refractivity contribution in [3.63, 3.8) is 0 Å². The third kappa shape index (κ3) is 2.81. The molecule has 3 fully saturated rings. The molecule has 0 aromatic carbocycles. The van der Waals surface area contributed by atoms with Crippen molar-refractivity contribution in [2.75, 3.05) is 6.54 Å². The van der Waals surface area contributed by atoms with Crippen molar-refractivity contribution < 1.29 is 4.79 Å². The molecule has 1 saturated heterocycles. The lowest BCUT2D eigenvalue weighted by Gasteiger charge is -2.35. The van der Waals surface area contributed by atoms with E-state index in [0.717, 1.165) is 31.7 Å². The van der Waals surface area contributed by atoms with Gasteiger partial charge in [0.15, 0.2) is 0 Å². The third-order valence-corrected chi connectivity index (χ3v) is 5.60. The van der Waals surface area contributed by atoms with Crippen LogP contribution in [0.2, 0.25) is 0 Å². The SMILES string of the molecule is N[C@@H]1CC[C@H](C(=O)N2CCC[C@@H]2C2CCCCC2)C1. The van der Waals surface area contributed by atoms with Crippen LogP contribution in [0.1, 0.15) is 64.2 Å². The number of hydrogen-bond acceptors (Lipinski definition) is 2. The number of carbonyl (C=O) groups is 1. The summed E-state index contributed by atoms with van der Waals surface area (Å²) in [5, 5.41) is 0. The molecule has 3 rings (SSSR count). The summed E-state index contributed by atoms with van der Waals surface area (Å²) >= 11 is 0. The van der Waals surface area contributed by atoms with E-state index in [0.29, 0.717) is 11.9 Å². The fourth-order valence-electron chi connectivity index (χ4n) is 4.55. The van der Waals surface area contributed by atoms with Gasteiger partial charge in [-0.1, -0.05) is 19.3 Å². The Morgan fingerprint density at radius 2 is 1.74 bits per heavy atom. The minimum Gasteiger partial charge on any atom is -0.339 e. The summed E-state index contributed by atoms with van der Waals surface area (Å²) in [6.07, 6.45) is 12.3. The Bertz CT molecular complexity index is 325. The Hall–Kier alpha value is -0.570. The summed E-state index contributed by atoms with van der Waals surface area (Å²) in [6, 6.07) is 0.828. The van der Waals surface area contributed by atoms with Crippen LogP contribution in [0.15, 0.2) is 0 Å². The van der Waals surface area contributed by atoms with E-state index in [1.54, 1.807) is 0 Å². The Kier molecular flexibility index (Phi) is 4.11. The van der Waals surface area contributed by atoms with Crippen molar-refractivity contribution in [3.05, 3.63) is 0 Å². The van der Waals surface area contributed by atoms with E-state index in [2.05, 4.69) is 4.90 Å². The maximum atomic E-state index is 12.7. The monoisotopic (exact) mass is 264 g/mol. The summed E-state index contributed by atoms with van der Waals surface area (Å²) in [5.74, 6) is 1.45. The van der Waals surface area contributed by atoms with E-state index in [1.165, 1.54) is 44.9 Å². The molecule has 3 nitrogen and oxygen atoms in total. The lowest BCUT2D eigenvalue weighted by Crippen LogP contribution is -2.43. The molecule has 0 bridgehead atoms. The fraction of sp³-hybridized carbons (Fsp3) is 0.938. The average Bonchev–Trinajstić information content (AvgIpc) is 3.07. The van der Waals surface area contributed by atoms with Crippen molar-refractivity contribution in [2.45, 2.75) is 76.3 Å². The average molecular weight is 264 g/mol. The van der Waals surface area contributed by atoms with E-state index >= 15 is 0 Å². The highest BCUT2D eigenvalue weighted by Gasteiger charge is 2.39. The number of nitrogens with two attached hydrogens (primary N) is 1. The van der Waals surface area contributed by atoms with Crippen LogP contribution < -0.4 is 5.73 Å². The van der Waals surface area contributed by atoms with Gasteiger partial charge in [0.1, 0.15) is 0 Å². The van der Waals surface area contributed by atoms with Gasteiger partial charge in [-0.05, 0) is 50.9 Å². The molecular formula is C16H28N2O. The molecule has 0 spiro atoms. The first-order valence-corrected chi connectivity index (χ1v) is 8.32. The van der Waals surface area contributed by atoms with Gasteiger partial charge in [0.25, 0.3) is 0 Å². The molecular weight excluding hydrogens is 236 g/mol. The van der Waals surface area contributed by atoms with Crippen molar-refractivity contribution in [1.82, 2.24) is 4.90 Å². The number of carbonyl (C=O) groups excluding carboxylic acids is 1. The number of rotatable bonds is 2. The van der Waals surface area contributed by atoms with Gasteiger partial charge in [-0.2, -0.15) is 0 Å². The molecule has 0 aromatic rings. The molecule has 1 heterocycles. The third-order valence-electron chi connectivity index (χ3n) is 5.60. The van der Waals surface area contributed by atoms with Gasteiger partial charge < -0.3 is 10.6 Å². The minimum atomic E-state index is 0.235. The van der Waals surface area contributed by atoms with E-state index in [-0.39, 0.29) is 12.0 Å². The molecule has 0 unspecified atom stereocenters. The Balaban J connectivity index is 1.63. The fourth-order valence-corrected chi connectivity index (χ4v) is 4.55. The summed E-state index contributed by atoms with van der Waals surface area (Å²) in [4.78, 5) is 15.0. The normalized spacial score (nSPS) is 36.9.